The highest BCUT2D eigenvalue weighted by molar-refractivity contribution is 4.79. The van der Waals surface area contributed by atoms with E-state index in [1.807, 2.05) is 20.8 Å². The first-order valence-corrected chi connectivity index (χ1v) is 7.04. The van der Waals surface area contributed by atoms with E-state index in [0.717, 1.165) is 6.42 Å². The summed E-state index contributed by atoms with van der Waals surface area (Å²) >= 11 is 0. The second-order valence-corrected chi connectivity index (χ2v) is 3.98. The fourth-order valence-electron chi connectivity index (χ4n) is 1.74. The van der Waals surface area contributed by atoms with Crippen molar-refractivity contribution in [1.29, 1.82) is 0 Å². The fourth-order valence-corrected chi connectivity index (χ4v) is 1.74. The molecule has 0 fully saturated rings. The molecule has 0 saturated heterocycles. The molecule has 0 aromatic heterocycles. The second kappa shape index (κ2) is 12.3. The van der Waals surface area contributed by atoms with Gasteiger partial charge in [0.05, 0.1) is 0 Å². The fraction of sp³-hybridized carbons (Fsp3) is 0.929. The van der Waals surface area contributed by atoms with Crippen molar-refractivity contribution < 1.29 is 14.2 Å². The Kier molecular flexibility index (Phi) is 12.3. The summed E-state index contributed by atoms with van der Waals surface area (Å²) in [4.78, 5) is 0. The molecule has 0 aromatic carbocycles. The standard InChI is InChI=1S/C14H29O3/c1-5-9-10-11-12-13(15-6-2)14(16-7-3)17-8-4/h13H,5-12H2,1-4H3. The van der Waals surface area contributed by atoms with Gasteiger partial charge in [0.1, 0.15) is 6.10 Å². The first-order valence-electron chi connectivity index (χ1n) is 7.04. The molecule has 0 spiro atoms. The molecule has 0 amide bonds. The van der Waals surface area contributed by atoms with Crippen molar-refractivity contribution >= 4 is 0 Å². The predicted octanol–water partition coefficient (Wildman–Crippen LogP) is 3.92. The molecule has 0 heterocycles. The van der Waals surface area contributed by atoms with Gasteiger partial charge in [0.15, 0.2) is 0 Å². The van der Waals surface area contributed by atoms with E-state index in [9.17, 15) is 0 Å². The average Bonchev–Trinajstić information content (AvgIpc) is 2.33. The maximum atomic E-state index is 5.70. The quantitative estimate of drug-likeness (QED) is 0.488. The summed E-state index contributed by atoms with van der Waals surface area (Å²) in [6.07, 6.45) is 6.62. The Hall–Kier alpha value is -0.120. The van der Waals surface area contributed by atoms with Gasteiger partial charge in [-0.15, -0.1) is 0 Å². The summed E-state index contributed by atoms with van der Waals surface area (Å²) in [5.41, 5.74) is 0. The van der Waals surface area contributed by atoms with Crippen LogP contribution < -0.4 is 0 Å². The Morgan fingerprint density at radius 1 is 0.824 bits per heavy atom. The van der Waals surface area contributed by atoms with E-state index in [1.54, 1.807) is 0 Å². The molecule has 3 heteroatoms. The maximum Gasteiger partial charge on any atom is 0.253 e. The summed E-state index contributed by atoms with van der Waals surface area (Å²) < 4.78 is 16.7. The summed E-state index contributed by atoms with van der Waals surface area (Å²) in [6.45, 7) is 10.1. The minimum Gasteiger partial charge on any atom is -0.373 e. The van der Waals surface area contributed by atoms with E-state index in [-0.39, 0.29) is 6.10 Å². The Labute approximate surface area is 107 Å². The molecule has 1 unspecified atom stereocenters. The van der Waals surface area contributed by atoms with Gasteiger partial charge in [0.25, 0.3) is 6.29 Å². The summed E-state index contributed by atoms with van der Waals surface area (Å²) in [5, 5.41) is 0. The smallest absolute Gasteiger partial charge is 0.253 e. The highest BCUT2D eigenvalue weighted by atomic mass is 16.7. The maximum absolute atomic E-state index is 5.70. The number of rotatable bonds is 12. The lowest BCUT2D eigenvalue weighted by Crippen LogP contribution is -2.27. The van der Waals surface area contributed by atoms with Crippen LogP contribution in [0.2, 0.25) is 0 Å². The topological polar surface area (TPSA) is 27.7 Å². The first kappa shape index (κ1) is 16.9. The van der Waals surface area contributed by atoms with Crippen molar-refractivity contribution in [1.82, 2.24) is 0 Å². The third kappa shape index (κ3) is 8.58. The molecule has 3 nitrogen and oxygen atoms in total. The lowest BCUT2D eigenvalue weighted by atomic mass is 10.1. The minimum atomic E-state index is -0.00300. The van der Waals surface area contributed by atoms with E-state index < -0.39 is 0 Å². The third-order valence-electron chi connectivity index (χ3n) is 2.52. The minimum absolute atomic E-state index is 0.00300. The van der Waals surface area contributed by atoms with Crippen LogP contribution in [0.4, 0.5) is 0 Å². The van der Waals surface area contributed by atoms with E-state index in [0.29, 0.717) is 26.1 Å². The van der Waals surface area contributed by atoms with Crippen LogP contribution in [-0.2, 0) is 14.2 Å². The van der Waals surface area contributed by atoms with Crippen LogP contribution in [0.3, 0.4) is 0 Å². The van der Waals surface area contributed by atoms with Gasteiger partial charge in [-0.25, -0.2) is 0 Å². The molecule has 1 atom stereocenters. The summed E-state index contributed by atoms with van der Waals surface area (Å²) in [6, 6.07) is 0. The van der Waals surface area contributed by atoms with E-state index in [2.05, 4.69) is 6.92 Å². The van der Waals surface area contributed by atoms with Crippen molar-refractivity contribution in [3.05, 3.63) is 6.29 Å². The molecule has 0 aliphatic carbocycles. The van der Waals surface area contributed by atoms with Crippen molar-refractivity contribution in [3.8, 4) is 0 Å². The van der Waals surface area contributed by atoms with Crippen LogP contribution in [0.5, 0.6) is 0 Å². The molecule has 0 bridgehead atoms. The van der Waals surface area contributed by atoms with Crippen LogP contribution in [0.15, 0.2) is 0 Å². The highest BCUT2D eigenvalue weighted by Gasteiger charge is 2.24. The SMILES string of the molecule is CCCCCCC(OCC)[C](OCC)OCC. The Morgan fingerprint density at radius 2 is 1.47 bits per heavy atom. The van der Waals surface area contributed by atoms with Gasteiger partial charge < -0.3 is 14.2 Å². The van der Waals surface area contributed by atoms with Gasteiger partial charge >= 0.3 is 0 Å². The zero-order valence-electron chi connectivity index (χ0n) is 12.0. The van der Waals surface area contributed by atoms with Crippen molar-refractivity contribution in [2.45, 2.75) is 65.9 Å². The molecule has 103 valence electrons. The van der Waals surface area contributed by atoms with Crippen molar-refractivity contribution in [2.75, 3.05) is 19.8 Å². The lowest BCUT2D eigenvalue weighted by molar-refractivity contribution is -0.119. The number of unbranched alkanes of at least 4 members (excludes halogenated alkanes) is 3. The molecule has 0 N–H and O–H groups in total. The van der Waals surface area contributed by atoms with Gasteiger partial charge in [0.2, 0.25) is 0 Å². The number of ether oxygens (including phenoxy) is 3. The molecular formula is C14H29O3. The lowest BCUT2D eigenvalue weighted by Gasteiger charge is -2.24. The van der Waals surface area contributed by atoms with Gasteiger partial charge in [-0.05, 0) is 27.2 Å². The zero-order valence-corrected chi connectivity index (χ0v) is 12.0. The van der Waals surface area contributed by atoms with Crippen molar-refractivity contribution in [2.24, 2.45) is 0 Å². The number of hydrogen-bond acceptors (Lipinski definition) is 3. The van der Waals surface area contributed by atoms with Crippen molar-refractivity contribution in [3.63, 3.8) is 0 Å². The molecule has 0 saturated carbocycles. The first-order chi connectivity index (χ1) is 8.29. The van der Waals surface area contributed by atoms with Crippen LogP contribution in [-0.4, -0.2) is 25.9 Å². The van der Waals surface area contributed by atoms with E-state index in [1.165, 1.54) is 25.7 Å². The Morgan fingerprint density at radius 3 is 1.94 bits per heavy atom. The third-order valence-corrected chi connectivity index (χ3v) is 2.52. The highest BCUT2D eigenvalue weighted by Crippen LogP contribution is 2.20. The average molecular weight is 245 g/mol. The van der Waals surface area contributed by atoms with E-state index in [4.69, 9.17) is 14.2 Å². The van der Waals surface area contributed by atoms with E-state index >= 15 is 0 Å². The molecule has 0 aliphatic rings. The van der Waals surface area contributed by atoms with Gasteiger partial charge in [-0.1, -0.05) is 32.6 Å². The van der Waals surface area contributed by atoms with Crippen LogP contribution >= 0.6 is 0 Å². The predicted molar refractivity (Wildman–Crippen MR) is 70.7 cm³/mol. The summed E-state index contributed by atoms with van der Waals surface area (Å²) in [5.74, 6) is 0. The van der Waals surface area contributed by atoms with Gasteiger partial charge in [-0.3, -0.25) is 0 Å². The van der Waals surface area contributed by atoms with Crippen LogP contribution in [0, 0.1) is 6.29 Å². The summed E-state index contributed by atoms with van der Waals surface area (Å²) in [7, 11) is 0. The zero-order chi connectivity index (χ0) is 12.9. The largest absolute Gasteiger partial charge is 0.373 e. The van der Waals surface area contributed by atoms with Gasteiger partial charge in [0, 0.05) is 19.8 Å². The van der Waals surface area contributed by atoms with Gasteiger partial charge in [-0.2, -0.15) is 0 Å². The monoisotopic (exact) mass is 245 g/mol. The molecule has 1 radical (unpaired) electrons. The molecule has 0 aromatic rings. The molecule has 0 aliphatic heterocycles. The second-order valence-electron chi connectivity index (χ2n) is 3.98. The Balaban J connectivity index is 4.04. The Bertz CT molecular complexity index is 144. The molecular weight excluding hydrogens is 216 g/mol. The molecule has 0 rings (SSSR count). The number of hydrogen-bond donors (Lipinski definition) is 0. The van der Waals surface area contributed by atoms with Crippen LogP contribution in [0.1, 0.15) is 59.8 Å². The van der Waals surface area contributed by atoms with Crippen LogP contribution in [0.25, 0.3) is 0 Å². The normalized spacial score (nSPS) is 13.2. The molecule has 17 heavy (non-hydrogen) atoms.